The molecule has 0 saturated heterocycles. The summed E-state index contributed by atoms with van der Waals surface area (Å²) in [6.07, 6.45) is 1.21. The molecule has 3 rings (SSSR count). The van der Waals surface area contributed by atoms with E-state index < -0.39 is 0 Å². The summed E-state index contributed by atoms with van der Waals surface area (Å²) in [5, 5.41) is 1.44. The predicted octanol–water partition coefficient (Wildman–Crippen LogP) is 3.06. The summed E-state index contributed by atoms with van der Waals surface area (Å²) in [6.45, 7) is 1.53. The smallest absolute Gasteiger partial charge is 0.229 e. The van der Waals surface area contributed by atoms with Crippen molar-refractivity contribution in [1.29, 1.82) is 0 Å². The van der Waals surface area contributed by atoms with Gasteiger partial charge in [0.25, 0.3) is 0 Å². The van der Waals surface area contributed by atoms with Gasteiger partial charge < -0.3 is 4.90 Å². The van der Waals surface area contributed by atoms with Crippen LogP contribution in [0.5, 0.6) is 0 Å². The van der Waals surface area contributed by atoms with Crippen molar-refractivity contribution in [3.05, 3.63) is 59.1 Å². The van der Waals surface area contributed by atoms with Crippen LogP contribution >= 0.6 is 22.9 Å². The van der Waals surface area contributed by atoms with Gasteiger partial charge in [-0.1, -0.05) is 53.3 Å². The summed E-state index contributed by atoms with van der Waals surface area (Å²) in [5.41, 5.74) is 2.06. The summed E-state index contributed by atoms with van der Waals surface area (Å²) in [6, 6.07) is 15.8. The van der Waals surface area contributed by atoms with Crippen molar-refractivity contribution in [3.63, 3.8) is 0 Å². The third kappa shape index (κ3) is 4.81. The zero-order valence-corrected chi connectivity index (χ0v) is 16.6. The van der Waals surface area contributed by atoms with Gasteiger partial charge in [-0.2, -0.15) is 0 Å². The second-order valence-corrected chi connectivity index (χ2v) is 8.04. The van der Waals surface area contributed by atoms with Crippen molar-refractivity contribution in [2.45, 2.75) is 12.8 Å². The molecule has 0 spiro atoms. The highest BCUT2D eigenvalue weighted by Crippen LogP contribution is 2.31. The quantitative estimate of drug-likeness (QED) is 0.675. The Morgan fingerprint density at radius 3 is 2.69 bits per heavy atom. The number of hydrogen-bond acceptors (Lipinski definition) is 3. The Morgan fingerprint density at radius 2 is 1.96 bits per heavy atom. The van der Waals surface area contributed by atoms with E-state index in [1.165, 1.54) is 21.8 Å². The Bertz CT molecular complexity index is 879. The largest absolute Gasteiger partial charge is 0.338 e. The van der Waals surface area contributed by atoms with Gasteiger partial charge in [0, 0.05) is 11.4 Å². The van der Waals surface area contributed by atoms with E-state index >= 15 is 0 Å². The minimum Gasteiger partial charge on any atom is -0.338 e. The fourth-order valence-electron chi connectivity index (χ4n) is 2.70. The summed E-state index contributed by atoms with van der Waals surface area (Å²) in [5.74, 6) is 0.111. The monoisotopic (exact) mass is 388 g/mol. The van der Waals surface area contributed by atoms with E-state index in [0.717, 1.165) is 28.3 Å². The highest BCUT2D eigenvalue weighted by Gasteiger charge is 2.20. The number of carbonyl (C=O) groups excluding carboxylic acids is 1. The van der Waals surface area contributed by atoms with Gasteiger partial charge in [0.05, 0.1) is 37.4 Å². The Hall–Kier alpha value is -1.95. The fourth-order valence-corrected chi connectivity index (χ4v) is 3.98. The highest BCUT2D eigenvalue weighted by molar-refractivity contribution is 7.22. The number of thiazole rings is 1. The van der Waals surface area contributed by atoms with E-state index in [4.69, 9.17) is 11.6 Å². The molecule has 1 N–H and O–H groups in total. The van der Waals surface area contributed by atoms with Crippen LogP contribution in [0.25, 0.3) is 10.2 Å². The number of hydrogen-bond donors (Lipinski definition) is 1. The number of benzene rings is 2. The zero-order chi connectivity index (χ0) is 18.5. The van der Waals surface area contributed by atoms with E-state index in [9.17, 15) is 4.79 Å². The third-order valence-corrected chi connectivity index (χ3v) is 5.45. The molecule has 1 amide bonds. The maximum atomic E-state index is 12.9. The molecule has 0 bridgehead atoms. The van der Waals surface area contributed by atoms with Crippen molar-refractivity contribution in [3.8, 4) is 0 Å². The first-order valence-electron chi connectivity index (χ1n) is 8.72. The topological polar surface area (TPSA) is 37.6 Å². The van der Waals surface area contributed by atoms with E-state index in [-0.39, 0.29) is 5.91 Å². The van der Waals surface area contributed by atoms with Crippen LogP contribution < -0.4 is 9.80 Å². The molecule has 1 aromatic heterocycles. The van der Waals surface area contributed by atoms with Crippen LogP contribution in [-0.4, -0.2) is 38.1 Å². The molecule has 6 heteroatoms. The summed E-state index contributed by atoms with van der Waals surface area (Å²) in [7, 11) is 4.18. The molecule has 0 fully saturated rings. The normalized spacial score (nSPS) is 11.2. The number of nitrogens with zero attached hydrogens (tertiary/aromatic N) is 2. The molecule has 136 valence electrons. The Labute approximate surface area is 163 Å². The van der Waals surface area contributed by atoms with Crippen LogP contribution in [-0.2, 0) is 11.2 Å². The Kier molecular flexibility index (Phi) is 6.25. The highest BCUT2D eigenvalue weighted by atomic mass is 35.5. The number of rotatable bonds is 7. The van der Waals surface area contributed by atoms with Crippen LogP contribution in [0.3, 0.4) is 0 Å². The van der Waals surface area contributed by atoms with Crippen molar-refractivity contribution in [1.82, 2.24) is 4.98 Å². The number of amides is 1. The third-order valence-electron chi connectivity index (χ3n) is 4.18. The lowest BCUT2D eigenvalue weighted by Crippen LogP contribution is -3.06. The lowest BCUT2D eigenvalue weighted by Gasteiger charge is -2.20. The summed E-state index contributed by atoms with van der Waals surface area (Å²) >= 11 is 7.61. The molecule has 26 heavy (non-hydrogen) atoms. The summed E-state index contributed by atoms with van der Waals surface area (Å²) in [4.78, 5) is 20.7. The second kappa shape index (κ2) is 8.62. The van der Waals surface area contributed by atoms with Crippen LogP contribution in [0.1, 0.15) is 12.0 Å². The lowest BCUT2D eigenvalue weighted by atomic mass is 10.1. The van der Waals surface area contributed by atoms with Crippen LogP contribution in [0.15, 0.2) is 48.5 Å². The number of likely N-dealkylation sites (N-methyl/N-ethyl adjacent to an activating group) is 1. The molecular formula is C20H23ClN3OS+. The van der Waals surface area contributed by atoms with Gasteiger partial charge in [-0.25, -0.2) is 4.98 Å². The molecule has 0 radical (unpaired) electrons. The van der Waals surface area contributed by atoms with Gasteiger partial charge in [-0.3, -0.25) is 9.69 Å². The number of aryl methyl sites for hydroxylation is 1. The van der Waals surface area contributed by atoms with E-state index in [0.29, 0.717) is 18.0 Å². The number of halogens is 1. The average Bonchev–Trinajstić information content (AvgIpc) is 3.03. The van der Waals surface area contributed by atoms with Gasteiger partial charge in [0.1, 0.15) is 0 Å². The second-order valence-electron chi connectivity index (χ2n) is 6.60. The number of aromatic nitrogens is 1. The maximum absolute atomic E-state index is 12.9. The summed E-state index contributed by atoms with van der Waals surface area (Å²) < 4.78 is 1.01. The average molecular weight is 389 g/mol. The molecule has 3 aromatic rings. The SMILES string of the molecule is C[NH+](C)CCN(C(=O)CCc1ccccc1)c1nc2ccc(Cl)cc2s1. The number of carbonyl (C=O) groups is 1. The number of fused-ring (bicyclic) bond motifs is 1. The number of anilines is 1. The molecular weight excluding hydrogens is 366 g/mol. The number of quaternary nitrogens is 1. The van der Waals surface area contributed by atoms with E-state index in [2.05, 4.69) is 31.2 Å². The Balaban J connectivity index is 1.79. The van der Waals surface area contributed by atoms with E-state index in [1.54, 1.807) is 0 Å². The van der Waals surface area contributed by atoms with Crippen LogP contribution in [0.4, 0.5) is 5.13 Å². The predicted molar refractivity (Wildman–Crippen MR) is 109 cm³/mol. The molecule has 0 saturated carbocycles. The standard InChI is InChI=1S/C20H22ClN3OS/c1-23(2)12-13-24(19(25)11-8-15-6-4-3-5-7-15)20-22-17-10-9-16(21)14-18(17)26-20/h3-7,9-10,14H,8,11-13H2,1-2H3/p+1. The zero-order valence-electron chi connectivity index (χ0n) is 15.0. The molecule has 0 atom stereocenters. The fraction of sp³-hybridized carbons (Fsp3) is 0.300. The van der Waals surface area contributed by atoms with Gasteiger partial charge in [0.2, 0.25) is 5.91 Å². The minimum absolute atomic E-state index is 0.111. The molecule has 1 heterocycles. The maximum Gasteiger partial charge on any atom is 0.229 e. The first-order valence-corrected chi connectivity index (χ1v) is 9.92. The van der Waals surface area contributed by atoms with E-state index in [1.807, 2.05) is 41.3 Å². The minimum atomic E-state index is 0.111. The molecule has 4 nitrogen and oxygen atoms in total. The van der Waals surface area contributed by atoms with Crippen molar-refractivity contribution >= 4 is 44.2 Å². The van der Waals surface area contributed by atoms with Gasteiger partial charge >= 0.3 is 0 Å². The van der Waals surface area contributed by atoms with Crippen LogP contribution in [0.2, 0.25) is 5.02 Å². The number of nitrogens with one attached hydrogen (secondary N) is 1. The molecule has 0 unspecified atom stereocenters. The van der Waals surface area contributed by atoms with Gasteiger partial charge in [-0.15, -0.1) is 0 Å². The molecule has 0 aliphatic carbocycles. The molecule has 0 aliphatic rings. The van der Waals surface area contributed by atoms with Gasteiger partial charge in [-0.05, 0) is 30.2 Å². The lowest BCUT2D eigenvalue weighted by molar-refractivity contribution is -0.856. The van der Waals surface area contributed by atoms with Crippen LogP contribution in [0, 0.1) is 0 Å². The van der Waals surface area contributed by atoms with Crippen molar-refractivity contribution in [2.75, 3.05) is 32.1 Å². The van der Waals surface area contributed by atoms with Gasteiger partial charge in [0.15, 0.2) is 5.13 Å². The first kappa shape index (κ1) is 18.8. The van der Waals surface area contributed by atoms with Crippen molar-refractivity contribution < 1.29 is 9.69 Å². The molecule has 2 aromatic carbocycles. The Morgan fingerprint density at radius 1 is 1.19 bits per heavy atom. The molecule has 0 aliphatic heterocycles. The first-order chi connectivity index (χ1) is 12.5. The van der Waals surface area contributed by atoms with Crippen molar-refractivity contribution in [2.24, 2.45) is 0 Å².